The number of benzene rings is 1. The highest BCUT2D eigenvalue weighted by molar-refractivity contribution is 7.92. The van der Waals surface area contributed by atoms with Crippen LogP contribution in [0.4, 0.5) is 4.79 Å². The molecule has 6 rings (SSSR count). The van der Waals surface area contributed by atoms with Gasteiger partial charge in [-0.1, -0.05) is 0 Å². The second-order valence-electron chi connectivity index (χ2n) is 12.4. The summed E-state index contributed by atoms with van der Waals surface area (Å²) in [5.41, 5.74) is 0.129. The first kappa shape index (κ1) is 27.1. The van der Waals surface area contributed by atoms with Gasteiger partial charge in [0.05, 0.1) is 29.4 Å². The number of aromatic nitrogens is 2. The SMILES string of the molecule is COc1cc(S(=O)(=O)C2CC2)ccc1Oc1ncnc(OC[C@@H]2C3[C@@H]2CC2CC[C@@H]3N2C(=O)OC(C)(C)C)c1C. The van der Waals surface area contributed by atoms with Crippen molar-refractivity contribution < 1.29 is 32.2 Å². The summed E-state index contributed by atoms with van der Waals surface area (Å²) in [5.74, 6) is 2.74. The molecule has 2 bridgehead atoms. The van der Waals surface area contributed by atoms with E-state index in [0.717, 1.165) is 19.3 Å². The van der Waals surface area contributed by atoms with Crippen molar-refractivity contribution in [2.24, 2.45) is 17.8 Å². The van der Waals surface area contributed by atoms with E-state index in [0.29, 0.717) is 66.0 Å². The van der Waals surface area contributed by atoms with Crippen LogP contribution in [-0.4, -0.2) is 66.0 Å². The van der Waals surface area contributed by atoms with E-state index in [9.17, 15) is 13.2 Å². The molecule has 2 aliphatic heterocycles. The van der Waals surface area contributed by atoms with Crippen molar-refractivity contribution in [2.75, 3.05) is 13.7 Å². The molecule has 1 aromatic heterocycles. The van der Waals surface area contributed by atoms with Gasteiger partial charge in [-0.3, -0.25) is 0 Å². The zero-order valence-corrected chi connectivity index (χ0v) is 24.4. The molecule has 2 aromatic rings. The molecule has 2 aliphatic carbocycles. The fourth-order valence-corrected chi connectivity index (χ4v) is 8.14. The normalized spacial score (nSPS) is 27.1. The number of fused-ring (bicyclic) bond motifs is 4. The van der Waals surface area contributed by atoms with Gasteiger partial charge < -0.3 is 23.8 Å². The molecule has 4 aliphatic rings. The van der Waals surface area contributed by atoms with Crippen LogP contribution in [0.25, 0.3) is 0 Å². The van der Waals surface area contributed by atoms with Gasteiger partial charge in [0.1, 0.15) is 11.9 Å². The molecule has 2 saturated carbocycles. The van der Waals surface area contributed by atoms with Crippen LogP contribution < -0.4 is 14.2 Å². The van der Waals surface area contributed by atoms with E-state index in [-0.39, 0.29) is 28.3 Å². The number of amides is 1. The van der Waals surface area contributed by atoms with Crippen molar-refractivity contribution in [2.45, 2.75) is 87.6 Å². The molecule has 4 fully saturated rings. The lowest BCUT2D eigenvalue weighted by atomic mass is 10.0. The van der Waals surface area contributed by atoms with E-state index in [1.165, 1.54) is 19.5 Å². The van der Waals surface area contributed by atoms with Gasteiger partial charge >= 0.3 is 6.09 Å². The van der Waals surface area contributed by atoms with Gasteiger partial charge in [0, 0.05) is 24.1 Å². The first-order valence-electron chi connectivity index (χ1n) is 14.0. The monoisotopic (exact) mass is 571 g/mol. The Morgan fingerprint density at radius 2 is 1.82 bits per heavy atom. The van der Waals surface area contributed by atoms with Gasteiger partial charge in [-0.05, 0) is 83.8 Å². The van der Waals surface area contributed by atoms with E-state index in [1.807, 2.05) is 32.6 Å². The van der Waals surface area contributed by atoms with Crippen LogP contribution in [0.1, 0.15) is 58.4 Å². The smallest absolute Gasteiger partial charge is 0.410 e. The van der Waals surface area contributed by atoms with Gasteiger partial charge in [-0.25, -0.2) is 23.2 Å². The van der Waals surface area contributed by atoms with E-state index >= 15 is 0 Å². The molecule has 0 spiro atoms. The van der Waals surface area contributed by atoms with Crippen LogP contribution >= 0.6 is 0 Å². The maximum absolute atomic E-state index is 12.9. The Morgan fingerprint density at radius 3 is 2.52 bits per heavy atom. The summed E-state index contributed by atoms with van der Waals surface area (Å²) >= 11 is 0. The number of methoxy groups -OCH3 is 1. The summed E-state index contributed by atoms with van der Waals surface area (Å²) in [4.78, 5) is 23.7. The van der Waals surface area contributed by atoms with Crippen molar-refractivity contribution in [3.05, 3.63) is 30.1 Å². The summed E-state index contributed by atoms with van der Waals surface area (Å²) in [5, 5.41) is -0.307. The third-order valence-corrected chi connectivity index (χ3v) is 10.8. The molecule has 40 heavy (non-hydrogen) atoms. The number of carbonyl (C=O) groups excluding carboxylic acids is 1. The Bertz CT molecular complexity index is 1420. The minimum Gasteiger partial charge on any atom is -0.493 e. The summed E-state index contributed by atoms with van der Waals surface area (Å²) < 4.78 is 48.7. The first-order chi connectivity index (χ1) is 19.0. The second kappa shape index (κ2) is 9.78. The van der Waals surface area contributed by atoms with Gasteiger partial charge in [0.2, 0.25) is 11.8 Å². The van der Waals surface area contributed by atoms with Gasteiger partial charge in [-0.15, -0.1) is 0 Å². The topological polar surface area (TPSA) is 117 Å². The number of piperidine rings is 1. The Hall–Kier alpha value is -3.08. The number of hydrogen-bond donors (Lipinski definition) is 0. The standard InChI is InChI=1S/C29H37N3O7S/c1-16-26(37-14-21-20-12-17-6-10-22(25(20)21)32(17)28(33)39-29(2,3)4)30-15-31-27(16)38-23-11-9-19(13-24(23)36-5)40(34,35)18-7-8-18/h9,11,13,15,17-18,20-22,25H,6-8,10,12,14H2,1-5H3/t17?,20-,21+,22+,25?/m1/s1. The third kappa shape index (κ3) is 4.97. The molecule has 1 aromatic carbocycles. The maximum Gasteiger partial charge on any atom is 0.410 e. The molecule has 11 heteroatoms. The number of hydrogen-bond acceptors (Lipinski definition) is 9. The highest BCUT2D eigenvalue weighted by Crippen LogP contribution is 2.60. The van der Waals surface area contributed by atoms with E-state index < -0.39 is 15.4 Å². The number of sulfone groups is 1. The van der Waals surface area contributed by atoms with Gasteiger partial charge in [-0.2, -0.15) is 0 Å². The third-order valence-electron chi connectivity index (χ3n) is 8.57. The second-order valence-corrected chi connectivity index (χ2v) is 14.6. The number of rotatable bonds is 8. The quantitative estimate of drug-likeness (QED) is 0.434. The minimum absolute atomic E-state index is 0.202. The average Bonchev–Trinajstić information content (AvgIpc) is 3.81. The average molecular weight is 572 g/mol. The predicted molar refractivity (Wildman–Crippen MR) is 146 cm³/mol. The molecule has 10 nitrogen and oxygen atoms in total. The summed E-state index contributed by atoms with van der Waals surface area (Å²) in [7, 11) is -1.88. The minimum atomic E-state index is -3.35. The summed E-state index contributed by atoms with van der Waals surface area (Å²) in [6.07, 6.45) is 5.60. The molecule has 2 unspecified atom stereocenters. The van der Waals surface area contributed by atoms with Crippen LogP contribution in [0.3, 0.4) is 0 Å². The number of ether oxygens (including phenoxy) is 4. The maximum atomic E-state index is 12.9. The Labute approximate surface area is 235 Å². The summed E-state index contributed by atoms with van der Waals surface area (Å²) in [6, 6.07) is 5.09. The van der Waals surface area contributed by atoms with Crippen LogP contribution in [-0.2, 0) is 14.6 Å². The highest BCUT2D eigenvalue weighted by atomic mass is 32.2. The van der Waals surface area contributed by atoms with Crippen molar-refractivity contribution in [1.82, 2.24) is 14.9 Å². The van der Waals surface area contributed by atoms with Crippen LogP contribution in [0.5, 0.6) is 23.3 Å². The zero-order chi connectivity index (χ0) is 28.4. The molecule has 5 atom stereocenters. The van der Waals surface area contributed by atoms with Crippen molar-refractivity contribution in [1.29, 1.82) is 0 Å². The largest absolute Gasteiger partial charge is 0.493 e. The fourth-order valence-electron chi connectivity index (χ4n) is 6.47. The highest BCUT2D eigenvalue weighted by Gasteiger charge is 2.63. The number of carbonyl (C=O) groups is 1. The predicted octanol–water partition coefficient (Wildman–Crippen LogP) is 4.93. The Kier molecular flexibility index (Phi) is 6.63. The molecule has 1 amide bonds. The lowest BCUT2D eigenvalue weighted by Gasteiger charge is -2.35. The molecule has 3 heterocycles. The molecule has 0 N–H and O–H groups in total. The van der Waals surface area contributed by atoms with Crippen LogP contribution in [0, 0.1) is 24.7 Å². The van der Waals surface area contributed by atoms with E-state index in [2.05, 4.69) is 9.97 Å². The fraction of sp³-hybridized carbons (Fsp3) is 0.621. The van der Waals surface area contributed by atoms with Gasteiger partial charge in [0.15, 0.2) is 21.3 Å². The number of nitrogens with zero attached hydrogens (tertiary/aromatic N) is 3. The molecule has 2 saturated heterocycles. The zero-order valence-electron chi connectivity index (χ0n) is 23.6. The van der Waals surface area contributed by atoms with Crippen molar-refractivity contribution in [3.8, 4) is 23.3 Å². The molecule has 0 radical (unpaired) electrons. The Balaban J connectivity index is 1.12. The molecular weight excluding hydrogens is 534 g/mol. The van der Waals surface area contributed by atoms with E-state index in [4.69, 9.17) is 18.9 Å². The van der Waals surface area contributed by atoms with Crippen molar-refractivity contribution in [3.63, 3.8) is 0 Å². The molecular formula is C29H37N3O7S. The Morgan fingerprint density at radius 1 is 1.07 bits per heavy atom. The van der Waals surface area contributed by atoms with Crippen molar-refractivity contribution >= 4 is 15.9 Å². The molecule has 216 valence electrons. The van der Waals surface area contributed by atoms with E-state index in [1.54, 1.807) is 12.1 Å². The lowest BCUT2D eigenvalue weighted by Crippen LogP contribution is -2.47. The van der Waals surface area contributed by atoms with Crippen LogP contribution in [0.2, 0.25) is 0 Å². The lowest BCUT2D eigenvalue weighted by molar-refractivity contribution is 0.00609. The van der Waals surface area contributed by atoms with Crippen LogP contribution in [0.15, 0.2) is 29.4 Å². The van der Waals surface area contributed by atoms with Gasteiger partial charge in [0.25, 0.3) is 0 Å². The summed E-state index contributed by atoms with van der Waals surface area (Å²) in [6.45, 7) is 8.05. The first-order valence-corrected chi connectivity index (χ1v) is 15.6.